The zero-order valence-electron chi connectivity index (χ0n) is 6.21. The Morgan fingerprint density at radius 3 is 2.73 bits per heavy atom. The Labute approximate surface area is 73.8 Å². The molecule has 1 aromatic carbocycles. The van der Waals surface area contributed by atoms with Gasteiger partial charge in [-0.3, -0.25) is 0 Å². The van der Waals surface area contributed by atoms with Gasteiger partial charge in [-0.2, -0.15) is 0 Å². The minimum atomic E-state index is 1.16. The van der Waals surface area contributed by atoms with E-state index in [-0.39, 0.29) is 0 Å². The molecule has 0 amide bonds. The maximum atomic E-state index is 3.50. The predicted molar refractivity (Wildman–Crippen MR) is 50.6 cm³/mol. The van der Waals surface area contributed by atoms with Crippen molar-refractivity contribution >= 4 is 26.8 Å². The lowest BCUT2D eigenvalue weighted by molar-refractivity contribution is 0.966. The van der Waals surface area contributed by atoms with Gasteiger partial charge in [-0.05, 0) is 22.0 Å². The van der Waals surface area contributed by atoms with Gasteiger partial charge in [0.2, 0.25) is 0 Å². The van der Waals surface area contributed by atoms with Crippen molar-refractivity contribution in [3.63, 3.8) is 0 Å². The van der Waals surface area contributed by atoms with Crippen molar-refractivity contribution in [1.29, 1.82) is 0 Å². The topological polar surface area (TPSA) is 4.93 Å². The summed E-state index contributed by atoms with van der Waals surface area (Å²) in [5.41, 5.74) is 1.26. The molecular formula is C9H8BrN. The Morgan fingerprint density at radius 1 is 1.27 bits per heavy atom. The molecule has 0 spiro atoms. The van der Waals surface area contributed by atoms with Crippen LogP contribution in [0.3, 0.4) is 0 Å². The molecule has 1 heterocycles. The fraction of sp³-hybridized carbons (Fsp3) is 0.111. The minimum Gasteiger partial charge on any atom is -0.349 e. The first kappa shape index (κ1) is 6.92. The molecule has 0 N–H and O–H groups in total. The molecule has 2 heteroatoms. The third-order valence-corrected chi connectivity index (χ3v) is 2.48. The van der Waals surface area contributed by atoms with Gasteiger partial charge < -0.3 is 4.57 Å². The Bertz CT molecular complexity index is 353. The number of rotatable bonds is 0. The van der Waals surface area contributed by atoms with E-state index in [1.54, 1.807) is 0 Å². The van der Waals surface area contributed by atoms with Crippen LogP contribution in [0.5, 0.6) is 0 Å². The molecule has 1 aromatic heterocycles. The molecule has 0 saturated carbocycles. The van der Waals surface area contributed by atoms with Gasteiger partial charge in [-0.15, -0.1) is 0 Å². The molecular weight excluding hydrogens is 202 g/mol. The van der Waals surface area contributed by atoms with E-state index in [1.165, 1.54) is 10.9 Å². The van der Waals surface area contributed by atoms with Crippen molar-refractivity contribution in [1.82, 2.24) is 4.57 Å². The van der Waals surface area contributed by atoms with Crippen LogP contribution >= 0.6 is 15.9 Å². The van der Waals surface area contributed by atoms with E-state index in [9.17, 15) is 0 Å². The highest BCUT2D eigenvalue weighted by Gasteiger charge is 2.00. The molecule has 0 fully saturated rings. The van der Waals surface area contributed by atoms with Crippen LogP contribution in [-0.4, -0.2) is 4.57 Å². The molecule has 0 atom stereocenters. The second-order valence-corrected chi connectivity index (χ2v) is 3.46. The van der Waals surface area contributed by atoms with E-state index in [2.05, 4.69) is 44.9 Å². The normalized spacial score (nSPS) is 10.7. The number of nitrogens with zero attached hydrogens (tertiary/aromatic N) is 1. The molecule has 0 aliphatic rings. The van der Waals surface area contributed by atoms with Crippen LogP contribution in [-0.2, 0) is 7.05 Å². The van der Waals surface area contributed by atoms with E-state index in [0.29, 0.717) is 0 Å². The lowest BCUT2D eigenvalue weighted by Crippen LogP contribution is -1.81. The summed E-state index contributed by atoms with van der Waals surface area (Å²) in [5.74, 6) is 0. The van der Waals surface area contributed by atoms with E-state index >= 15 is 0 Å². The van der Waals surface area contributed by atoms with Crippen LogP contribution in [0.1, 0.15) is 0 Å². The first-order valence-electron chi connectivity index (χ1n) is 3.48. The fourth-order valence-electron chi connectivity index (χ4n) is 1.29. The Balaban J connectivity index is 2.95. The van der Waals surface area contributed by atoms with Crippen LogP contribution in [0.15, 0.2) is 34.9 Å². The summed E-state index contributed by atoms with van der Waals surface area (Å²) >= 11 is 3.50. The number of fused-ring (bicyclic) bond motifs is 1. The molecule has 0 aliphatic carbocycles. The van der Waals surface area contributed by atoms with Gasteiger partial charge in [0.25, 0.3) is 0 Å². The average Bonchev–Trinajstić information content (AvgIpc) is 2.30. The van der Waals surface area contributed by atoms with Crippen molar-refractivity contribution in [2.45, 2.75) is 0 Å². The van der Waals surface area contributed by atoms with Crippen molar-refractivity contribution in [2.75, 3.05) is 0 Å². The number of aryl methyl sites for hydroxylation is 1. The highest BCUT2D eigenvalue weighted by molar-refractivity contribution is 9.10. The molecule has 2 aromatic rings. The van der Waals surface area contributed by atoms with Gasteiger partial charge in [0.15, 0.2) is 0 Å². The third kappa shape index (κ3) is 0.979. The highest BCUT2D eigenvalue weighted by atomic mass is 79.9. The summed E-state index contributed by atoms with van der Waals surface area (Å²) in [6.07, 6.45) is 2.07. The largest absolute Gasteiger partial charge is 0.349 e. The molecule has 1 nitrogen and oxygen atoms in total. The summed E-state index contributed by atoms with van der Waals surface area (Å²) in [4.78, 5) is 0. The molecule has 0 aliphatic heterocycles. The van der Waals surface area contributed by atoms with Gasteiger partial charge in [-0.25, -0.2) is 0 Å². The monoisotopic (exact) mass is 209 g/mol. The molecule has 0 radical (unpaired) electrons. The van der Waals surface area contributed by atoms with Crippen LogP contribution in [0, 0.1) is 0 Å². The summed E-state index contributed by atoms with van der Waals surface area (Å²) in [6.45, 7) is 0. The maximum absolute atomic E-state index is 3.50. The Hall–Kier alpha value is -0.760. The molecule has 0 unspecified atom stereocenters. The van der Waals surface area contributed by atoms with Gasteiger partial charge in [0.1, 0.15) is 0 Å². The zero-order valence-corrected chi connectivity index (χ0v) is 7.80. The molecule has 0 saturated heterocycles. The number of hydrogen-bond acceptors (Lipinski definition) is 0. The van der Waals surface area contributed by atoms with Crippen LogP contribution in [0.25, 0.3) is 10.9 Å². The quantitative estimate of drug-likeness (QED) is 0.629. The van der Waals surface area contributed by atoms with Crippen molar-refractivity contribution < 1.29 is 0 Å². The number of hydrogen-bond donors (Lipinski definition) is 0. The number of para-hydroxylation sites is 1. The Morgan fingerprint density at radius 2 is 2.00 bits per heavy atom. The van der Waals surface area contributed by atoms with Crippen molar-refractivity contribution in [2.24, 2.45) is 7.05 Å². The summed E-state index contributed by atoms with van der Waals surface area (Å²) in [6, 6.07) is 8.32. The molecule has 11 heavy (non-hydrogen) atoms. The SMILES string of the molecule is Cn1cc(Br)c2ccccc21. The van der Waals surface area contributed by atoms with Crippen LogP contribution in [0.4, 0.5) is 0 Å². The Kier molecular flexibility index (Phi) is 1.50. The minimum absolute atomic E-state index is 1.16. The molecule has 56 valence electrons. The van der Waals surface area contributed by atoms with E-state index in [0.717, 1.165) is 4.47 Å². The van der Waals surface area contributed by atoms with Gasteiger partial charge in [0.05, 0.1) is 0 Å². The van der Waals surface area contributed by atoms with Crippen molar-refractivity contribution in [3.05, 3.63) is 34.9 Å². The number of halogens is 1. The maximum Gasteiger partial charge on any atom is 0.0489 e. The average molecular weight is 210 g/mol. The summed E-state index contributed by atoms with van der Waals surface area (Å²) in [5, 5.41) is 1.27. The number of aromatic nitrogens is 1. The van der Waals surface area contributed by atoms with E-state index in [4.69, 9.17) is 0 Å². The highest BCUT2D eigenvalue weighted by Crippen LogP contribution is 2.24. The first-order valence-corrected chi connectivity index (χ1v) is 4.28. The van der Waals surface area contributed by atoms with E-state index < -0.39 is 0 Å². The lowest BCUT2D eigenvalue weighted by atomic mass is 10.2. The van der Waals surface area contributed by atoms with Crippen molar-refractivity contribution in [3.8, 4) is 0 Å². The summed E-state index contributed by atoms with van der Waals surface area (Å²) < 4.78 is 3.27. The molecule has 0 bridgehead atoms. The number of benzene rings is 1. The first-order chi connectivity index (χ1) is 5.29. The third-order valence-electron chi connectivity index (χ3n) is 1.85. The van der Waals surface area contributed by atoms with Gasteiger partial charge in [0, 0.05) is 28.6 Å². The molecule has 2 rings (SSSR count). The lowest BCUT2D eigenvalue weighted by Gasteiger charge is -1.92. The van der Waals surface area contributed by atoms with E-state index in [1.807, 2.05) is 13.1 Å². The summed E-state index contributed by atoms with van der Waals surface area (Å²) in [7, 11) is 2.05. The second kappa shape index (κ2) is 2.38. The smallest absolute Gasteiger partial charge is 0.0489 e. The fourth-order valence-corrected chi connectivity index (χ4v) is 1.93. The standard InChI is InChI=1S/C9H8BrN/c1-11-6-8(10)7-4-2-3-5-9(7)11/h2-6H,1H3. The predicted octanol–water partition coefficient (Wildman–Crippen LogP) is 2.94. The van der Waals surface area contributed by atoms with Crippen LogP contribution < -0.4 is 0 Å². The zero-order chi connectivity index (χ0) is 7.84. The second-order valence-electron chi connectivity index (χ2n) is 2.61. The van der Waals surface area contributed by atoms with Crippen LogP contribution in [0.2, 0.25) is 0 Å². The van der Waals surface area contributed by atoms with Gasteiger partial charge >= 0.3 is 0 Å². The van der Waals surface area contributed by atoms with Gasteiger partial charge in [-0.1, -0.05) is 18.2 Å².